The van der Waals surface area contributed by atoms with Crippen LogP contribution in [-0.2, 0) is 17.9 Å². The fraction of sp³-hybridized carbons (Fsp3) is 0.407. The predicted octanol–water partition coefficient (Wildman–Crippen LogP) is 6.44. The number of hydrogen-bond acceptors (Lipinski definition) is 2. The van der Waals surface area contributed by atoms with Crippen molar-refractivity contribution in [3.05, 3.63) is 58.9 Å². The van der Waals surface area contributed by atoms with Crippen molar-refractivity contribution in [1.82, 2.24) is 4.98 Å². The standard InChI is InChI=1S/C27H31N2O/c1-16-14-28-25(29(7)15-16)20-17(2)22-23(27(5,6)13-12-26(22,3)4)21-18-10-8-9-11-19(18)30-24(20)21/h8-11,14-15H,12-13H2,1-7H3/q+1. The fourth-order valence-corrected chi connectivity index (χ4v) is 5.64. The van der Waals surface area contributed by atoms with Gasteiger partial charge in [0.25, 0.3) is 0 Å². The van der Waals surface area contributed by atoms with Crippen molar-refractivity contribution in [2.75, 3.05) is 0 Å². The second-order valence-corrected chi connectivity index (χ2v) is 10.4. The molecule has 3 heteroatoms. The number of rotatable bonds is 1. The van der Waals surface area contributed by atoms with Gasteiger partial charge < -0.3 is 4.42 Å². The normalized spacial score (nSPS) is 17.4. The van der Waals surface area contributed by atoms with Crippen LogP contribution in [0.25, 0.3) is 33.3 Å². The molecule has 0 atom stereocenters. The highest BCUT2D eigenvalue weighted by Crippen LogP contribution is 2.53. The lowest BCUT2D eigenvalue weighted by molar-refractivity contribution is -0.663. The first-order valence-electron chi connectivity index (χ1n) is 10.9. The summed E-state index contributed by atoms with van der Waals surface area (Å²) >= 11 is 0. The number of fused-ring (bicyclic) bond motifs is 5. The maximum absolute atomic E-state index is 6.58. The molecule has 4 aromatic rings. The zero-order valence-corrected chi connectivity index (χ0v) is 19.2. The minimum atomic E-state index is 0.0991. The fourth-order valence-electron chi connectivity index (χ4n) is 5.64. The number of hydrogen-bond donors (Lipinski definition) is 0. The summed E-state index contributed by atoms with van der Waals surface area (Å²) < 4.78 is 8.71. The highest BCUT2D eigenvalue weighted by atomic mass is 16.3. The topological polar surface area (TPSA) is 29.9 Å². The first-order valence-corrected chi connectivity index (χ1v) is 10.9. The van der Waals surface area contributed by atoms with Crippen LogP contribution in [0.5, 0.6) is 0 Å². The lowest BCUT2D eigenvalue weighted by atomic mass is 9.60. The second-order valence-electron chi connectivity index (χ2n) is 10.4. The van der Waals surface area contributed by atoms with Crippen molar-refractivity contribution in [2.45, 2.75) is 65.2 Å². The quantitative estimate of drug-likeness (QED) is 0.345. The molecule has 30 heavy (non-hydrogen) atoms. The Bertz CT molecular complexity index is 1320. The van der Waals surface area contributed by atoms with Crippen LogP contribution in [0.1, 0.15) is 62.8 Å². The lowest BCUT2D eigenvalue weighted by Gasteiger charge is -2.43. The molecule has 2 heterocycles. The van der Waals surface area contributed by atoms with Crippen molar-refractivity contribution in [2.24, 2.45) is 7.05 Å². The number of furan rings is 1. The summed E-state index contributed by atoms with van der Waals surface area (Å²) in [5.74, 6) is 0.962. The molecule has 0 fully saturated rings. The van der Waals surface area contributed by atoms with Crippen molar-refractivity contribution in [3.63, 3.8) is 0 Å². The van der Waals surface area contributed by atoms with Gasteiger partial charge >= 0.3 is 5.82 Å². The molecule has 0 amide bonds. The van der Waals surface area contributed by atoms with Gasteiger partial charge in [0.05, 0.1) is 13.2 Å². The Morgan fingerprint density at radius 1 is 0.967 bits per heavy atom. The van der Waals surface area contributed by atoms with E-state index in [0.29, 0.717) is 0 Å². The summed E-state index contributed by atoms with van der Waals surface area (Å²) in [4.78, 5) is 4.87. The molecule has 2 aromatic carbocycles. The van der Waals surface area contributed by atoms with Gasteiger partial charge in [-0.05, 0) is 65.3 Å². The SMILES string of the molecule is Cc1cnc(-c2c(C)c3c(c4c2oc2ccccc24)C(C)(C)CCC3(C)C)[n+](C)c1. The van der Waals surface area contributed by atoms with E-state index in [-0.39, 0.29) is 10.8 Å². The van der Waals surface area contributed by atoms with Gasteiger partial charge in [0.1, 0.15) is 17.3 Å². The minimum Gasteiger partial charge on any atom is -0.455 e. The lowest BCUT2D eigenvalue weighted by Crippen LogP contribution is -2.36. The molecule has 0 spiro atoms. The number of aryl methyl sites for hydroxylation is 2. The summed E-state index contributed by atoms with van der Waals surface area (Å²) in [7, 11) is 2.08. The summed E-state index contributed by atoms with van der Waals surface area (Å²) in [6.07, 6.45) is 6.46. The molecule has 1 aliphatic rings. The van der Waals surface area contributed by atoms with Gasteiger partial charge in [0, 0.05) is 16.3 Å². The number of nitrogens with zero attached hydrogens (tertiary/aromatic N) is 2. The van der Waals surface area contributed by atoms with E-state index < -0.39 is 0 Å². The molecule has 5 rings (SSSR count). The van der Waals surface area contributed by atoms with Gasteiger partial charge in [-0.3, -0.25) is 0 Å². The third-order valence-corrected chi connectivity index (χ3v) is 7.15. The van der Waals surface area contributed by atoms with E-state index in [0.717, 1.165) is 28.1 Å². The van der Waals surface area contributed by atoms with E-state index in [4.69, 9.17) is 9.40 Å². The van der Waals surface area contributed by atoms with Crippen LogP contribution >= 0.6 is 0 Å². The maximum atomic E-state index is 6.58. The molecule has 0 radical (unpaired) electrons. The highest BCUT2D eigenvalue weighted by molar-refractivity contribution is 6.12. The Labute approximate surface area is 178 Å². The molecule has 2 aromatic heterocycles. The number of aromatic nitrogens is 2. The Kier molecular flexibility index (Phi) is 3.96. The minimum absolute atomic E-state index is 0.0991. The van der Waals surface area contributed by atoms with Crippen LogP contribution in [0.15, 0.2) is 41.1 Å². The molecule has 0 unspecified atom stereocenters. The average Bonchev–Trinajstić information content (AvgIpc) is 3.04. The molecule has 0 bridgehead atoms. The summed E-state index contributed by atoms with van der Waals surface area (Å²) in [5, 5.41) is 2.49. The van der Waals surface area contributed by atoms with Crippen molar-refractivity contribution in [1.29, 1.82) is 0 Å². The smallest absolute Gasteiger partial charge is 0.334 e. The molecule has 0 N–H and O–H groups in total. The largest absolute Gasteiger partial charge is 0.455 e. The first kappa shape index (κ1) is 19.3. The van der Waals surface area contributed by atoms with E-state index in [1.165, 1.54) is 40.3 Å². The Balaban J connectivity index is 2.06. The van der Waals surface area contributed by atoms with Gasteiger partial charge in [-0.25, -0.2) is 4.57 Å². The number of para-hydroxylation sites is 1. The zero-order chi connectivity index (χ0) is 21.4. The molecule has 0 saturated heterocycles. The van der Waals surface area contributed by atoms with E-state index >= 15 is 0 Å². The van der Waals surface area contributed by atoms with Crippen LogP contribution in [0.2, 0.25) is 0 Å². The monoisotopic (exact) mass is 399 g/mol. The van der Waals surface area contributed by atoms with Crippen LogP contribution in [0, 0.1) is 13.8 Å². The molecular formula is C27H31N2O+. The molecule has 0 aliphatic heterocycles. The van der Waals surface area contributed by atoms with Crippen LogP contribution in [-0.4, -0.2) is 4.98 Å². The van der Waals surface area contributed by atoms with E-state index in [2.05, 4.69) is 83.6 Å². The second kappa shape index (κ2) is 6.16. The van der Waals surface area contributed by atoms with Crippen LogP contribution in [0.3, 0.4) is 0 Å². The Morgan fingerprint density at radius 2 is 1.63 bits per heavy atom. The van der Waals surface area contributed by atoms with Crippen molar-refractivity contribution < 1.29 is 8.98 Å². The molecule has 154 valence electrons. The van der Waals surface area contributed by atoms with Crippen molar-refractivity contribution >= 4 is 21.9 Å². The van der Waals surface area contributed by atoms with Crippen molar-refractivity contribution in [3.8, 4) is 11.4 Å². The van der Waals surface area contributed by atoms with Gasteiger partial charge in [0.2, 0.25) is 0 Å². The van der Waals surface area contributed by atoms with E-state index in [1.54, 1.807) is 0 Å². The first-order chi connectivity index (χ1) is 14.1. The third-order valence-electron chi connectivity index (χ3n) is 7.15. The molecule has 3 nitrogen and oxygen atoms in total. The molecule has 1 aliphatic carbocycles. The number of benzene rings is 2. The van der Waals surface area contributed by atoms with Crippen LogP contribution < -0.4 is 4.57 Å². The average molecular weight is 400 g/mol. The maximum Gasteiger partial charge on any atom is 0.334 e. The summed E-state index contributed by atoms with van der Waals surface area (Å²) in [5.41, 5.74) is 8.68. The van der Waals surface area contributed by atoms with Crippen LogP contribution in [0.4, 0.5) is 0 Å². The highest BCUT2D eigenvalue weighted by Gasteiger charge is 2.42. The summed E-state index contributed by atoms with van der Waals surface area (Å²) in [6.45, 7) is 13.9. The van der Waals surface area contributed by atoms with Gasteiger partial charge in [-0.1, -0.05) is 45.9 Å². The zero-order valence-electron chi connectivity index (χ0n) is 19.2. The van der Waals surface area contributed by atoms with Gasteiger partial charge in [-0.15, -0.1) is 0 Å². The van der Waals surface area contributed by atoms with Gasteiger partial charge in [0.15, 0.2) is 5.58 Å². The summed E-state index contributed by atoms with van der Waals surface area (Å²) in [6, 6.07) is 8.47. The Morgan fingerprint density at radius 3 is 2.33 bits per heavy atom. The van der Waals surface area contributed by atoms with E-state index in [1.807, 2.05) is 6.20 Å². The molecular weight excluding hydrogens is 368 g/mol. The predicted molar refractivity (Wildman–Crippen MR) is 123 cm³/mol. The van der Waals surface area contributed by atoms with E-state index in [9.17, 15) is 0 Å². The van der Waals surface area contributed by atoms with Gasteiger partial charge in [-0.2, -0.15) is 0 Å². The third kappa shape index (κ3) is 2.57. The Hall–Kier alpha value is -2.68. The molecule has 0 saturated carbocycles.